The first-order valence-corrected chi connectivity index (χ1v) is 12.8. The Morgan fingerprint density at radius 3 is 2.19 bits per heavy atom. The van der Waals surface area contributed by atoms with Gasteiger partial charge in [0, 0.05) is 61.5 Å². The highest BCUT2D eigenvalue weighted by molar-refractivity contribution is 5.95. The maximum atomic E-state index is 13.0. The van der Waals surface area contributed by atoms with Crippen LogP contribution in [0.5, 0.6) is 0 Å². The molecule has 5 rings (SSSR count). The topological polar surface area (TPSA) is 91.6 Å². The summed E-state index contributed by atoms with van der Waals surface area (Å²) in [4.78, 5) is 34.3. The summed E-state index contributed by atoms with van der Waals surface area (Å²) in [5.41, 5.74) is 3.46. The van der Waals surface area contributed by atoms with E-state index in [0.29, 0.717) is 43.2 Å². The maximum absolute atomic E-state index is 13.0. The number of aromatic nitrogens is 2. The van der Waals surface area contributed by atoms with Crippen molar-refractivity contribution in [1.82, 2.24) is 15.0 Å². The molecule has 3 aromatic rings. The van der Waals surface area contributed by atoms with Gasteiger partial charge in [0.1, 0.15) is 0 Å². The van der Waals surface area contributed by atoms with Gasteiger partial charge >= 0.3 is 0 Å². The number of anilines is 2. The number of carbonyl (C=O) groups is 2. The van der Waals surface area contributed by atoms with Gasteiger partial charge in [0.25, 0.3) is 5.91 Å². The summed E-state index contributed by atoms with van der Waals surface area (Å²) >= 11 is 0. The smallest absolute Gasteiger partial charge is 0.253 e. The average molecular weight is 488 g/mol. The molecule has 0 aliphatic carbocycles. The van der Waals surface area contributed by atoms with E-state index in [4.69, 9.17) is 4.52 Å². The standard InChI is InChI=1S/C28H33N5O3/c1-19-11-15-32(16-12-19)25-9-7-24(8-10-25)30-27(34)22-13-17-33(18-14-22)28(35)23-5-3-21(4-6-23)26-29-20(2)36-31-26/h3-10,19,22H,11-18H2,1-2H3,(H,30,34). The highest BCUT2D eigenvalue weighted by atomic mass is 16.5. The van der Waals surface area contributed by atoms with E-state index in [1.807, 2.05) is 29.2 Å². The van der Waals surface area contributed by atoms with Crippen LogP contribution in [0.2, 0.25) is 0 Å². The molecule has 1 N–H and O–H groups in total. The molecule has 2 aromatic carbocycles. The highest BCUT2D eigenvalue weighted by Crippen LogP contribution is 2.26. The summed E-state index contributed by atoms with van der Waals surface area (Å²) in [5, 5.41) is 6.98. The van der Waals surface area contributed by atoms with Gasteiger partial charge in [0.05, 0.1) is 0 Å². The lowest BCUT2D eigenvalue weighted by molar-refractivity contribution is -0.121. The van der Waals surface area contributed by atoms with Crippen molar-refractivity contribution >= 4 is 23.2 Å². The molecule has 0 radical (unpaired) electrons. The van der Waals surface area contributed by atoms with Crippen LogP contribution in [-0.2, 0) is 4.79 Å². The molecular formula is C28H33N5O3. The molecule has 8 heteroatoms. The summed E-state index contributed by atoms with van der Waals surface area (Å²) in [7, 11) is 0. The first-order chi connectivity index (χ1) is 17.5. The second-order valence-corrected chi connectivity index (χ2v) is 9.99. The first-order valence-electron chi connectivity index (χ1n) is 12.8. The van der Waals surface area contributed by atoms with E-state index >= 15 is 0 Å². The Labute approximate surface area is 211 Å². The van der Waals surface area contributed by atoms with Gasteiger partial charge < -0.3 is 19.6 Å². The normalized spacial score (nSPS) is 17.3. The van der Waals surface area contributed by atoms with Crippen LogP contribution < -0.4 is 10.2 Å². The summed E-state index contributed by atoms with van der Waals surface area (Å²) < 4.78 is 5.02. The molecule has 0 unspecified atom stereocenters. The van der Waals surface area contributed by atoms with Crippen LogP contribution in [0.25, 0.3) is 11.4 Å². The molecule has 3 heterocycles. The number of amides is 2. The van der Waals surface area contributed by atoms with Crippen LogP contribution >= 0.6 is 0 Å². The van der Waals surface area contributed by atoms with Gasteiger partial charge in [-0.3, -0.25) is 9.59 Å². The molecule has 0 spiro atoms. The Balaban J connectivity index is 1.11. The summed E-state index contributed by atoms with van der Waals surface area (Å²) in [6.45, 7) is 7.36. The van der Waals surface area contributed by atoms with Crippen molar-refractivity contribution < 1.29 is 14.1 Å². The highest BCUT2D eigenvalue weighted by Gasteiger charge is 2.28. The number of benzene rings is 2. The second kappa shape index (κ2) is 10.5. The first kappa shape index (κ1) is 24.0. The van der Waals surface area contributed by atoms with Crippen LogP contribution in [0.15, 0.2) is 53.1 Å². The van der Waals surface area contributed by atoms with Crippen LogP contribution in [0, 0.1) is 18.8 Å². The number of piperidine rings is 2. The van der Waals surface area contributed by atoms with E-state index in [2.05, 4.69) is 39.4 Å². The molecule has 2 aliphatic rings. The zero-order valence-electron chi connectivity index (χ0n) is 20.9. The minimum Gasteiger partial charge on any atom is -0.372 e. The minimum absolute atomic E-state index is 0.0209. The van der Waals surface area contributed by atoms with E-state index in [-0.39, 0.29) is 17.7 Å². The van der Waals surface area contributed by atoms with Crippen molar-refractivity contribution in [3.8, 4) is 11.4 Å². The number of aryl methyl sites for hydroxylation is 1. The number of hydrogen-bond acceptors (Lipinski definition) is 6. The summed E-state index contributed by atoms with van der Waals surface area (Å²) in [5.74, 6) is 1.72. The van der Waals surface area contributed by atoms with Gasteiger partial charge in [0.2, 0.25) is 17.6 Å². The Morgan fingerprint density at radius 2 is 1.58 bits per heavy atom. The van der Waals surface area contributed by atoms with Gasteiger partial charge in [-0.2, -0.15) is 4.98 Å². The average Bonchev–Trinajstić information content (AvgIpc) is 3.35. The molecule has 2 fully saturated rings. The molecule has 188 valence electrons. The molecule has 2 saturated heterocycles. The van der Waals surface area contributed by atoms with Crippen LogP contribution in [0.1, 0.15) is 48.9 Å². The summed E-state index contributed by atoms with van der Waals surface area (Å²) in [6.07, 6.45) is 3.76. The molecule has 2 amide bonds. The molecule has 36 heavy (non-hydrogen) atoms. The number of rotatable bonds is 5. The number of carbonyl (C=O) groups excluding carboxylic acids is 2. The Kier molecular flexibility index (Phi) is 7.02. The van der Waals surface area contributed by atoms with Gasteiger partial charge in [0.15, 0.2) is 0 Å². The fourth-order valence-corrected chi connectivity index (χ4v) is 4.97. The van der Waals surface area contributed by atoms with E-state index in [0.717, 1.165) is 30.3 Å². The third-order valence-electron chi connectivity index (χ3n) is 7.35. The zero-order valence-corrected chi connectivity index (χ0v) is 20.9. The lowest BCUT2D eigenvalue weighted by Crippen LogP contribution is -2.41. The van der Waals surface area contributed by atoms with Gasteiger partial charge in [-0.25, -0.2) is 0 Å². The lowest BCUT2D eigenvalue weighted by Gasteiger charge is -2.32. The monoisotopic (exact) mass is 487 g/mol. The largest absolute Gasteiger partial charge is 0.372 e. The van der Waals surface area contributed by atoms with Crippen molar-refractivity contribution in [3.05, 3.63) is 60.0 Å². The van der Waals surface area contributed by atoms with E-state index in [9.17, 15) is 9.59 Å². The number of hydrogen-bond donors (Lipinski definition) is 1. The van der Waals surface area contributed by atoms with Gasteiger partial charge in [-0.1, -0.05) is 24.2 Å². The number of nitrogens with zero attached hydrogens (tertiary/aromatic N) is 4. The van der Waals surface area contributed by atoms with E-state index in [1.165, 1.54) is 18.5 Å². The van der Waals surface area contributed by atoms with Gasteiger partial charge in [-0.05, 0) is 68.0 Å². The van der Waals surface area contributed by atoms with E-state index < -0.39 is 0 Å². The third-order valence-corrected chi connectivity index (χ3v) is 7.35. The third kappa shape index (κ3) is 5.42. The molecule has 8 nitrogen and oxygen atoms in total. The zero-order chi connectivity index (χ0) is 25.1. The predicted molar refractivity (Wildman–Crippen MR) is 139 cm³/mol. The predicted octanol–water partition coefficient (Wildman–Crippen LogP) is 4.77. The molecule has 0 saturated carbocycles. The van der Waals surface area contributed by atoms with E-state index in [1.54, 1.807) is 19.1 Å². The summed E-state index contributed by atoms with van der Waals surface area (Å²) in [6, 6.07) is 15.4. The SMILES string of the molecule is Cc1nc(-c2ccc(C(=O)N3CCC(C(=O)Nc4ccc(N5CCC(C)CC5)cc4)CC3)cc2)no1. The lowest BCUT2D eigenvalue weighted by atomic mass is 9.95. The van der Waals surface area contributed by atoms with Crippen LogP contribution in [-0.4, -0.2) is 53.0 Å². The second-order valence-electron chi connectivity index (χ2n) is 9.99. The van der Waals surface area contributed by atoms with Crippen molar-refractivity contribution in [2.45, 2.75) is 39.5 Å². The maximum Gasteiger partial charge on any atom is 0.253 e. The van der Waals surface area contributed by atoms with Crippen molar-refractivity contribution in [1.29, 1.82) is 0 Å². The Hall–Kier alpha value is -3.68. The quantitative estimate of drug-likeness (QED) is 0.557. The fraction of sp³-hybridized carbons (Fsp3) is 0.429. The number of likely N-dealkylation sites (tertiary alicyclic amines) is 1. The van der Waals surface area contributed by atoms with Crippen LogP contribution in [0.3, 0.4) is 0 Å². The molecule has 2 aliphatic heterocycles. The van der Waals surface area contributed by atoms with Crippen LogP contribution in [0.4, 0.5) is 11.4 Å². The number of nitrogens with one attached hydrogen (secondary N) is 1. The Morgan fingerprint density at radius 1 is 0.917 bits per heavy atom. The fourth-order valence-electron chi connectivity index (χ4n) is 4.97. The molecule has 0 atom stereocenters. The minimum atomic E-state index is -0.0961. The van der Waals surface area contributed by atoms with Crippen molar-refractivity contribution in [3.63, 3.8) is 0 Å². The van der Waals surface area contributed by atoms with Crippen molar-refractivity contribution in [2.24, 2.45) is 11.8 Å². The van der Waals surface area contributed by atoms with Gasteiger partial charge in [-0.15, -0.1) is 0 Å². The van der Waals surface area contributed by atoms with Crippen molar-refractivity contribution in [2.75, 3.05) is 36.4 Å². The molecule has 1 aromatic heterocycles. The molecule has 0 bridgehead atoms. The Bertz CT molecular complexity index is 1190. The molecular weight excluding hydrogens is 454 g/mol.